The summed E-state index contributed by atoms with van der Waals surface area (Å²) in [5, 5.41) is 0. The highest BCUT2D eigenvalue weighted by Gasteiger charge is 2.51. The Hall–Kier alpha value is -0.150. The van der Waals surface area contributed by atoms with Crippen LogP contribution < -0.4 is 0 Å². The van der Waals surface area contributed by atoms with Crippen molar-refractivity contribution >= 4 is 0 Å². The molecule has 3 fully saturated rings. The van der Waals surface area contributed by atoms with Gasteiger partial charge in [-0.25, -0.2) is 4.39 Å². The predicted molar refractivity (Wildman–Crippen MR) is 56.5 cm³/mol. The third kappa shape index (κ3) is 1.60. The summed E-state index contributed by atoms with van der Waals surface area (Å²) >= 11 is 0. The highest BCUT2D eigenvalue weighted by Crippen LogP contribution is 2.41. The van der Waals surface area contributed by atoms with Crippen molar-refractivity contribution < 1.29 is 9.13 Å². The van der Waals surface area contributed by atoms with Crippen LogP contribution in [0.15, 0.2) is 0 Å². The minimum Gasteiger partial charge on any atom is -0.380 e. The van der Waals surface area contributed by atoms with Crippen LogP contribution in [0.3, 0.4) is 0 Å². The highest BCUT2D eigenvalue weighted by molar-refractivity contribution is 5.02. The lowest BCUT2D eigenvalue weighted by atomic mass is 9.74. The summed E-state index contributed by atoms with van der Waals surface area (Å²) < 4.78 is 18.8. The molecule has 2 heterocycles. The van der Waals surface area contributed by atoms with Gasteiger partial charge in [0.2, 0.25) is 0 Å². The zero-order chi connectivity index (χ0) is 10.5. The third-order valence-electron chi connectivity index (χ3n) is 4.48. The molecule has 3 heteroatoms. The molecule has 0 N–H and O–H groups in total. The van der Waals surface area contributed by atoms with Crippen LogP contribution in [0, 0.1) is 11.3 Å². The Morgan fingerprint density at radius 3 is 2.53 bits per heavy atom. The maximum atomic E-state index is 13.6. The molecule has 0 aromatic rings. The van der Waals surface area contributed by atoms with Gasteiger partial charge in [-0.3, -0.25) is 4.90 Å². The quantitative estimate of drug-likeness (QED) is 0.659. The minimum absolute atomic E-state index is 0.281. The third-order valence-corrected chi connectivity index (χ3v) is 4.48. The molecule has 0 aromatic heterocycles. The summed E-state index contributed by atoms with van der Waals surface area (Å²) in [7, 11) is 0. The number of rotatable bonds is 1. The van der Waals surface area contributed by atoms with Crippen molar-refractivity contribution in [3.8, 4) is 0 Å². The van der Waals surface area contributed by atoms with E-state index in [2.05, 4.69) is 4.90 Å². The normalized spacial score (nSPS) is 44.8. The van der Waals surface area contributed by atoms with Crippen LogP contribution in [0.25, 0.3) is 0 Å². The van der Waals surface area contributed by atoms with Crippen molar-refractivity contribution in [1.82, 2.24) is 4.90 Å². The van der Waals surface area contributed by atoms with Gasteiger partial charge in [-0.2, -0.15) is 0 Å². The van der Waals surface area contributed by atoms with Gasteiger partial charge in [0.1, 0.15) is 6.17 Å². The maximum Gasteiger partial charge on any atom is 0.104 e. The smallest absolute Gasteiger partial charge is 0.104 e. The molecule has 3 aliphatic rings. The Morgan fingerprint density at radius 1 is 1.27 bits per heavy atom. The molecule has 3 unspecified atom stereocenters. The molecular formula is C12H20FNO. The second kappa shape index (κ2) is 3.42. The number of hydrogen-bond acceptors (Lipinski definition) is 2. The van der Waals surface area contributed by atoms with Gasteiger partial charge in [0.25, 0.3) is 0 Å². The Labute approximate surface area is 90.8 Å². The monoisotopic (exact) mass is 213 g/mol. The van der Waals surface area contributed by atoms with Gasteiger partial charge >= 0.3 is 0 Å². The fourth-order valence-electron chi connectivity index (χ4n) is 3.22. The molecule has 0 bridgehead atoms. The molecule has 1 aliphatic carbocycles. The zero-order valence-corrected chi connectivity index (χ0v) is 9.42. The first-order chi connectivity index (χ1) is 7.19. The summed E-state index contributed by atoms with van der Waals surface area (Å²) in [6, 6.07) is 0.516. The lowest BCUT2D eigenvalue weighted by molar-refractivity contribution is -0.202. The van der Waals surface area contributed by atoms with E-state index in [1.165, 1.54) is 6.42 Å². The SMILES string of the molecule is CC1CCC(N2CC3(COC3)C2)CC1F. The first-order valence-corrected chi connectivity index (χ1v) is 6.14. The van der Waals surface area contributed by atoms with Crippen LogP contribution in [0.1, 0.15) is 26.2 Å². The lowest BCUT2D eigenvalue weighted by Crippen LogP contribution is -2.68. The summed E-state index contributed by atoms with van der Waals surface area (Å²) in [4.78, 5) is 2.47. The van der Waals surface area contributed by atoms with E-state index in [-0.39, 0.29) is 5.92 Å². The zero-order valence-electron chi connectivity index (χ0n) is 9.42. The predicted octanol–water partition coefficient (Wildman–Crippen LogP) is 1.85. The molecule has 0 amide bonds. The minimum atomic E-state index is -0.571. The molecule has 3 rings (SSSR count). The Balaban J connectivity index is 1.52. The Kier molecular flexibility index (Phi) is 2.29. The van der Waals surface area contributed by atoms with Crippen LogP contribution in [0.5, 0.6) is 0 Å². The number of likely N-dealkylation sites (tertiary alicyclic amines) is 1. The molecule has 3 atom stereocenters. The number of hydrogen-bond donors (Lipinski definition) is 0. The molecular weight excluding hydrogens is 193 g/mol. The summed E-state index contributed by atoms with van der Waals surface area (Å²) in [5.41, 5.74) is 0.481. The van der Waals surface area contributed by atoms with E-state index >= 15 is 0 Å². The van der Waals surface area contributed by atoms with Gasteiger partial charge in [0, 0.05) is 24.5 Å². The maximum absolute atomic E-state index is 13.6. The standard InChI is InChI=1S/C12H20FNO/c1-9-2-3-10(4-11(9)13)14-5-12(6-14)7-15-8-12/h9-11H,2-8H2,1H3. The first-order valence-electron chi connectivity index (χ1n) is 6.14. The average molecular weight is 213 g/mol. The first kappa shape index (κ1) is 10.0. The number of alkyl halides is 1. The Morgan fingerprint density at radius 2 is 2.00 bits per heavy atom. The van der Waals surface area contributed by atoms with Crippen molar-refractivity contribution in [2.75, 3.05) is 26.3 Å². The number of nitrogens with zero attached hydrogens (tertiary/aromatic N) is 1. The van der Waals surface area contributed by atoms with Crippen molar-refractivity contribution in [2.24, 2.45) is 11.3 Å². The van der Waals surface area contributed by atoms with Crippen LogP contribution in [0.4, 0.5) is 4.39 Å². The Bertz CT molecular complexity index is 246. The van der Waals surface area contributed by atoms with Crippen molar-refractivity contribution in [3.05, 3.63) is 0 Å². The van der Waals surface area contributed by atoms with Gasteiger partial charge < -0.3 is 4.74 Å². The number of ether oxygens (including phenoxy) is 1. The van der Waals surface area contributed by atoms with E-state index in [0.29, 0.717) is 11.5 Å². The van der Waals surface area contributed by atoms with E-state index in [1.807, 2.05) is 6.92 Å². The van der Waals surface area contributed by atoms with E-state index in [9.17, 15) is 4.39 Å². The van der Waals surface area contributed by atoms with Crippen molar-refractivity contribution in [2.45, 2.75) is 38.4 Å². The average Bonchev–Trinajstić information content (AvgIpc) is 2.06. The van der Waals surface area contributed by atoms with Crippen molar-refractivity contribution in [1.29, 1.82) is 0 Å². The largest absolute Gasteiger partial charge is 0.380 e. The molecule has 86 valence electrons. The molecule has 1 spiro atoms. The fourth-order valence-corrected chi connectivity index (χ4v) is 3.22. The van der Waals surface area contributed by atoms with Crippen LogP contribution in [-0.2, 0) is 4.74 Å². The van der Waals surface area contributed by atoms with Gasteiger partial charge in [0.05, 0.1) is 13.2 Å². The topological polar surface area (TPSA) is 12.5 Å². The van der Waals surface area contributed by atoms with Crippen LogP contribution in [0.2, 0.25) is 0 Å². The molecule has 15 heavy (non-hydrogen) atoms. The van der Waals surface area contributed by atoms with E-state index in [0.717, 1.165) is 39.1 Å². The van der Waals surface area contributed by atoms with Crippen LogP contribution >= 0.6 is 0 Å². The van der Waals surface area contributed by atoms with Gasteiger partial charge in [-0.05, 0) is 25.2 Å². The second-order valence-electron chi connectivity index (χ2n) is 5.86. The molecule has 2 saturated heterocycles. The van der Waals surface area contributed by atoms with Crippen molar-refractivity contribution in [3.63, 3.8) is 0 Å². The lowest BCUT2D eigenvalue weighted by Gasteiger charge is -2.58. The summed E-state index contributed by atoms with van der Waals surface area (Å²) in [6.07, 6.45) is 2.44. The van der Waals surface area contributed by atoms with Gasteiger partial charge in [-0.15, -0.1) is 0 Å². The second-order valence-corrected chi connectivity index (χ2v) is 5.86. The highest BCUT2D eigenvalue weighted by atomic mass is 19.1. The van der Waals surface area contributed by atoms with E-state index in [4.69, 9.17) is 4.74 Å². The molecule has 2 nitrogen and oxygen atoms in total. The number of halogens is 1. The summed E-state index contributed by atoms with van der Waals surface area (Å²) in [6.45, 7) is 6.22. The van der Waals surface area contributed by atoms with Gasteiger partial charge in [-0.1, -0.05) is 6.92 Å². The van der Waals surface area contributed by atoms with Gasteiger partial charge in [0.15, 0.2) is 0 Å². The molecule has 2 aliphatic heterocycles. The molecule has 1 saturated carbocycles. The van der Waals surface area contributed by atoms with Crippen LogP contribution in [-0.4, -0.2) is 43.4 Å². The van der Waals surface area contributed by atoms with E-state index in [1.54, 1.807) is 0 Å². The molecule has 0 aromatic carbocycles. The molecule has 0 radical (unpaired) electrons. The fraction of sp³-hybridized carbons (Fsp3) is 1.00. The van der Waals surface area contributed by atoms with E-state index < -0.39 is 6.17 Å². The summed E-state index contributed by atoms with van der Waals surface area (Å²) in [5.74, 6) is 0.281.